The zero-order chi connectivity index (χ0) is 19.4. The molecule has 3 aromatic carbocycles. The summed E-state index contributed by atoms with van der Waals surface area (Å²) in [6.07, 6.45) is 0. The molecule has 0 fully saturated rings. The third kappa shape index (κ3) is 4.04. The summed E-state index contributed by atoms with van der Waals surface area (Å²) in [4.78, 5) is 11.1. The number of rotatable bonds is 6. The molecule has 0 aliphatic rings. The number of aryl methyl sites for hydroxylation is 1. The van der Waals surface area contributed by atoms with E-state index in [-0.39, 0.29) is 5.69 Å². The first-order chi connectivity index (χ1) is 13.0. The number of hydrogen-bond donors (Lipinski definition) is 0. The zero-order valence-corrected chi connectivity index (χ0v) is 15.7. The van der Waals surface area contributed by atoms with Crippen molar-refractivity contribution < 1.29 is 14.4 Å². The molecule has 6 heteroatoms. The van der Waals surface area contributed by atoms with Crippen molar-refractivity contribution in [1.82, 2.24) is 0 Å². The lowest BCUT2D eigenvalue weighted by Gasteiger charge is -2.17. The van der Waals surface area contributed by atoms with E-state index in [9.17, 15) is 10.1 Å². The molecule has 0 atom stereocenters. The molecule has 3 aromatic rings. The largest absolute Gasteiger partial charge is 0.497 e. The standard InChI is InChI=1S/C21H18ClNO4/c1-14-11-16(26-2)12-19(27-13-15-7-4-3-5-8-15)20(14)21-17(22)9-6-10-18(21)23(24)25/h3-12H,13H2,1-2H3. The van der Waals surface area contributed by atoms with Gasteiger partial charge in [-0.25, -0.2) is 0 Å². The molecule has 0 heterocycles. The molecule has 0 bridgehead atoms. The van der Waals surface area contributed by atoms with Gasteiger partial charge in [0.1, 0.15) is 18.1 Å². The second-order valence-electron chi connectivity index (χ2n) is 5.98. The normalized spacial score (nSPS) is 10.5. The number of halogens is 1. The van der Waals surface area contributed by atoms with E-state index in [1.165, 1.54) is 6.07 Å². The second kappa shape index (κ2) is 8.10. The molecule has 3 rings (SSSR count). The van der Waals surface area contributed by atoms with Gasteiger partial charge in [0, 0.05) is 17.7 Å². The first kappa shape index (κ1) is 18.7. The van der Waals surface area contributed by atoms with Crippen LogP contribution in [0.1, 0.15) is 11.1 Å². The predicted molar refractivity (Wildman–Crippen MR) is 106 cm³/mol. The third-order valence-electron chi connectivity index (χ3n) is 4.18. The quantitative estimate of drug-likeness (QED) is 0.398. The van der Waals surface area contributed by atoms with E-state index in [0.717, 1.165) is 11.1 Å². The minimum atomic E-state index is -0.439. The van der Waals surface area contributed by atoms with Crippen LogP contribution in [0.5, 0.6) is 11.5 Å². The Balaban J connectivity index is 2.14. The van der Waals surface area contributed by atoms with Gasteiger partial charge in [0.25, 0.3) is 5.69 Å². The van der Waals surface area contributed by atoms with Gasteiger partial charge in [-0.2, -0.15) is 0 Å². The second-order valence-corrected chi connectivity index (χ2v) is 6.39. The number of nitrogens with zero attached hydrogens (tertiary/aromatic N) is 1. The summed E-state index contributed by atoms with van der Waals surface area (Å²) >= 11 is 6.35. The van der Waals surface area contributed by atoms with Crippen LogP contribution in [0.25, 0.3) is 11.1 Å². The van der Waals surface area contributed by atoms with Crippen LogP contribution in [-0.4, -0.2) is 12.0 Å². The van der Waals surface area contributed by atoms with E-state index in [1.807, 2.05) is 37.3 Å². The van der Waals surface area contributed by atoms with Crippen molar-refractivity contribution >= 4 is 17.3 Å². The molecule has 27 heavy (non-hydrogen) atoms. The summed E-state index contributed by atoms with van der Waals surface area (Å²) in [7, 11) is 1.56. The van der Waals surface area contributed by atoms with Crippen molar-refractivity contribution in [3.05, 3.63) is 86.9 Å². The van der Waals surface area contributed by atoms with Gasteiger partial charge in [-0.05, 0) is 30.2 Å². The molecule has 0 spiro atoms. The lowest BCUT2D eigenvalue weighted by molar-refractivity contribution is -0.384. The van der Waals surface area contributed by atoms with Gasteiger partial charge >= 0.3 is 0 Å². The van der Waals surface area contributed by atoms with Crippen LogP contribution in [0.3, 0.4) is 0 Å². The Hall–Kier alpha value is -3.05. The Morgan fingerprint density at radius 1 is 1.04 bits per heavy atom. The molecule has 0 aliphatic heterocycles. The van der Waals surface area contributed by atoms with E-state index in [0.29, 0.717) is 34.3 Å². The lowest BCUT2D eigenvalue weighted by Crippen LogP contribution is -2.01. The van der Waals surface area contributed by atoms with E-state index >= 15 is 0 Å². The van der Waals surface area contributed by atoms with Gasteiger partial charge in [0.05, 0.1) is 22.6 Å². The molecule has 138 valence electrons. The number of methoxy groups -OCH3 is 1. The number of nitro groups is 1. The van der Waals surface area contributed by atoms with Crippen molar-refractivity contribution in [2.24, 2.45) is 0 Å². The average molecular weight is 384 g/mol. The maximum absolute atomic E-state index is 11.6. The van der Waals surface area contributed by atoms with Crippen LogP contribution in [0.2, 0.25) is 5.02 Å². The minimum absolute atomic E-state index is 0.0691. The summed E-state index contributed by atoms with van der Waals surface area (Å²) in [6, 6.07) is 17.8. The first-order valence-electron chi connectivity index (χ1n) is 8.30. The molecule has 0 aromatic heterocycles. The molecule has 0 amide bonds. The van der Waals surface area contributed by atoms with Gasteiger partial charge in [-0.1, -0.05) is 48.0 Å². The summed E-state index contributed by atoms with van der Waals surface area (Å²) in [6.45, 7) is 2.17. The smallest absolute Gasteiger partial charge is 0.278 e. The van der Waals surface area contributed by atoms with Gasteiger partial charge < -0.3 is 9.47 Å². The topological polar surface area (TPSA) is 61.6 Å². The molecule has 0 saturated heterocycles. The SMILES string of the molecule is COc1cc(C)c(-c2c(Cl)cccc2[N+](=O)[O-])c(OCc2ccccc2)c1. The predicted octanol–water partition coefficient (Wildman–Crippen LogP) is 5.81. The van der Waals surface area contributed by atoms with Crippen molar-refractivity contribution in [2.45, 2.75) is 13.5 Å². The molecular weight excluding hydrogens is 366 g/mol. The fourth-order valence-electron chi connectivity index (χ4n) is 2.92. The van der Waals surface area contributed by atoms with Crippen LogP contribution >= 0.6 is 11.6 Å². The Labute approximate surface area is 162 Å². The van der Waals surface area contributed by atoms with Crippen LogP contribution < -0.4 is 9.47 Å². The Morgan fingerprint density at radius 2 is 1.78 bits per heavy atom. The summed E-state index contributed by atoms with van der Waals surface area (Å²) in [5.41, 5.74) is 2.61. The monoisotopic (exact) mass is 383 g/mol. The maximum atomic E-state index is 11.6. The van der Waals surface area contributed by atoms with Crippen LogP contribution in [0.4, 0.5) is 5.69 Å². The molecular formula is C21H18ClNO4. The molecule has 0 radical (unpaired) electrons. The third-order valence-corrected chi connectivity index (χ3v) is 4.50. The van der Waals surface area contributed by atoms with E-state index in [2.05, 4.69) is 0 Å². The minimum Gasteiger partial charge on any atom is -0.497 e. The number of hydrogen-bond acceptors (Lipinski definition) is 4. The summed E-state index contributed by atoms with van der Waals surface area (Å²) in [5.74, 6) is 1.08. The van der Waals surface area contributed by atoms with Gasteiger partial charge in [0.15, 0.2) is 0 Å². The van der Waals surface area contributed by atoms with E-state index in [4.69, 9.17) is 21.1 Å². The molecule has 0 aliphatic carbocycles. The number of benzene rings is 3. The van der Waals surface area contributed by atoms with Gasteiger partial charge in [-0.3, -0.25) is 10.1 Å². The van der Waals surface area contributed by atoms with Crippen molar-refractivity contribution in [3.63, 3.8) is 0 Å². The van der Waals surface area contributed by atoms with Crippen molar-refractivity contribution in [3.8, 4) is 22.6 Å². The Morgan fingerprint density at radius 3 is 2.44 bits per heavy atom. The average Bonchev–Trinajstić information content (AvgIpc) is 2.67. The van der Waals surface area contributed by atoms with E-state index < -0.39 is 4.92 Å². The zero-order valence-electron chi connectivity index (χ0n) is 14.9. The van der Waals surface area contributed by atoms with Crippen molar-refractivity contribution in [1.29, 1.82) is 0 Å². The van der Waals surface area contributed by atoms with E-state index in [1.54, 1.807) is 31.4 Å². The summed E-state index contributed by atoms with van der Waals surface area (Å²) in [5, 5.41) is 11.8. The Bertz CT molecular complexity index is 973. The highest BCUT2D eigenvalue weighted by Gasteiger charge is 2.24. The van der Waals surface area contributed by atoms with Crippen LogP contribution in [-0.2, 0) is 6.61 Å². The number of ether oxygens (including phenoxy) is 2. The van der Waals surface area contributed by atoms with Crippen LogP contribution in [0.15, 0.2) is 60.7 Å². The van der Waals surface area contributed by atoms with Gasteiger partial charge in [-0.15, -0.1) is 0 Å². The van der Waals surface area contributed by atoms with Crippen LogP contribution in [0, 0.1) is 17.0 Å². The fraction of sp³-hybridized carbons (Fsp3) is 0.143. The number of nitro benzene ring substituents is 1. The molecule has 0 unspecified atom stereocenters. The molecule has 0 N–H and O–H groups in total. The lowest BCUT2D eigenvalue weighted by atomic mass is 9.97. The molecule has 0 saturated carbocycles. The summed E-state index contributed by atoms with van der Waals surface area (Å²) < 4.78 is 11.4. The van der Waals surface area contributed by atoms with Crippen molar-refractivity contribution in [2.75, 3.05) is 7.11 Å². The fourth-order valence-corrected chi connectivity index (χ4v) is 3.19. The highest BCUT2D eigenvalue weighted by atomic mass is 35.5. The van der Waals surface area contributed by atoms with Gasteiger partial charge in [0.2, 0.25) is 0 Å². The highest BCUT2D eigenvalue weighted by Crippen LogP contribution is 2.44. The highest BCUT2D eigenvalue weighted by molar-refractivity contribution is 6.34. The first-order valence-corrected chi connectivity index (χ1v) is 8.67. The molecule has 5 nitrogen and oxygen atoms in total. The Kier molecular flexibility index (Phi) is 5.62. The maximum Gasteiger partial charge on any atom is 0.278 e.